The van der Waals surface area contributed by atoms with E-state index >= 15 is 0 Å². The van der Waals surface area contributed by atoms with Gasteiger partial charge in [0.25, 0.3) is 0 Å². The zero-order chi connectivity index (χ0) is 13.8. The minimum atomic E-state index is 0.381. The zero-order valence-electron chi connectivity index (χ0n) is 12.2. The molecule has 2 aromatic rings. The summed E-state index contributed by atoms with van der Waals surface area (Å²) in [7, 11) is 0. The molecule has 2 rings (SSSR count). The second-order valence-corrected chi connectivity index (χ2v) is 5.83. The van der Waals surface area contributed by atoms with Gasteiger partial charge in [-0.15, -0.1) is 11.3 Å². The second kappa shape index (κ2) is 6.31. The summed E-state index contributed by atoms with van der Waals surface area (Å²) < 4.78 is 0. The van der Waals surface area contributed by atoms with E-state index in [4.69, 9.17) is 4.98 Å². The van der Waals surface area contributed by atoms with Crippen molar-refractivity contribution in [3.8, 4) is 10.6 Å². The molecule has 0 spiro atoms. The van der Waals surface area contributed by atoms with Crippen molar-refractivity contribution >= 4 is 11.3 Å². The minimum absolute atomic E-state index is 0.381. The van der Waals surface area contributed by atoms with Gasteiger partial charge in [-0.2, -0.15) is 0 Å². The highest BCUT2D eigenvalue weighted by Crippen LogP contribution is 2.31. The standard InChI is InChI=1S/C16H22N2S/c1-5-13-7-9-14(10-8-13)16-18-12(4)15(19-16)11(3)17-6-2/h7-11,17H,5-6H2,1-4H3. The number of rotatable bonds is 5. The molecular formula is C16H22N2S. The summed E-state index contributed by atoms with van der Waals surface area (Å²) in [4.78, 5) is 6.06. The third kappa shape index (κ3) is 3.23. The van der Waals surface area contributed by atoms with Crippen LogP contribution in [0.15, 0.2) is 24.3 Å². The summed E-state index contributed by atoms with van der Waals surface area (Å²) in [6.07, 6.45) is 1.08. The molecule has 3 heteroatoms. The van der Waals surface area contributed by atoms with Crippen molar-refractivity contribution in [2.45, 2.75) is 40.2 Å². The highest BCUT2D eigenvalue weighted by Gasteiger charge is 2.14. The van der Waals surface area contributed by atoms with Crippen molar-refractivity contribution < 1.29 is 0 Å². The van der Waals surface area contributed by atoms with E-state index in [1.165, 1.54) is 16.0 Å². The summed E-state index contributed by atoms with van der Waals surface area (Å²) in [6, 6.07) is 9.13. The maximum atomic E-state index is 4.72. The maximum absolute atomic E-state index is 4.72. The predicted octanol–water partition coefficient (Wildman–Crippen LogP) is 4.35. The first-order valence-corrected chi connectivity index (χ1v) is 7.77. The molecule has 0 saturated carbocycles. The van der Waals surface area contributed by atoms with E-state index in [2.05, 4.69) is 57.3 Å². The lowest BCUT2D eigenvalue weighted by molar-refractivity contribution is 0.603. The van der Waals surface area contributed by atoms with Gasteiger partial charge in [0.15, 0.2) is 0 Å². The van der Waals surface area contributed by atoms with Gasteiger partial charge >= 0.3 is 0 Å². The van der Waals surface area contributed by atoms with Crippen LogP contribution in [0.2, 0.25) is 0 Å². The van der Waals surface area contributed by atoms with Crippen LogP contribution in [0.1, 0.15) is 42.9 Å². The van der Waals surface area contributed by atoms with Crippen LogP contribution in [-0.2, 0) is 6.42 Å². The van der Waals surface area contributed by atoms with Crippen molar-refractivity contribution in [2.75, 3.05) is 6.54 Å². The molecule has 19 heavy (non-hydrogen) atoms. The Hall–Kier alpha value is -1.19. The maximum Gasteiger partial charge on any atom is 0.123 e. The monoisotopic (exact) mass is 274 g/mol. The molecule has 0 aliphatic rings. The van der Waals surface area contributed by atoms with Crippen molar-refractivity contribution in [3.05, 3.63) is 40.4 Å². The van der Waals surface area contributed by atoms with E-state index in [-0.39, 0.29) is 0 Å². The normalized spacial score (nSPS) is 12.6. The molecule has 0 bridgehead atoms. The summed E-state index contributed by atoms with van der Waals surface area (Å²) >= 11 is 1.80. The molecule has 1 aromatic carbocycles. The van der Waals surface area contributed by atoms with E-state index in [0.717, 1.165) is 23.7 Å². The van der Waals surface area contributed by atoms with Gasteiger partial charge in [-0.3, -0.25) is 0 Å². The summed E-state index contributed by atoms with van der Waals surface area (Å²) in [6.45, 7) is 9.60. The van der Waals surface area contributed by atoms with Gasteiger partial charge in [-0.25, -0.2) is 4.98 Å². The molecule has 1 N–H and O–H groups in total. The van der Waals surface area contributed by atoms with E-state index < -0.39 is 0 Å². The molecule has 0 radical (unpaired) electrons. The highest BCUT2D eigenvalue weighted by atomic mass is 32.1. The van der Waals surface area contributed by atoms with Gasteiger partial charge in [0, 0.05) is 16.5 Å². The Bertz CT molecular complexity index is 528. The minimum Gasteiger partial charge on any atom is -0.310 e. The average Bonchev–Trinajstić information content (AvgIpc) is 2.81. The number of benzene rings is 1. The van der Waals surface area contributed by atoms with Crippen LogP contribution in [0, 0.1) is 6.92 Å². The fraction of sp³-hybridized carbons (Fsp3) is 0.438. The van der Waals surface area contributed by atoms with Crippen LogP contribution in [0.5, 0.6) is 0 Å². The molecule has 102 valence electrons. The molecule has 0 saturated heterocycles. The fourth-order valence-electron chi connectivity index (χ4n) is 2.22. The number of hydrogen-bond donors (Lipinski definition) is 1. The molecule has 1 atom stereocenters. The van der Waals surface area contributed by atoms with Crippen LogP contribution >= 0.6 is 11.3 Å². The van der Waals surface area contributed by atoms with Crippen molar-refractivity contribution in [3.63, 3.8) is 0 Å². The van der Waals surface area contributed by atoms with Crippen LogP contribution < -0.4 is 5.32 Å². The van der Waals surface area contributed by atoms with Gasteiger partial charge in [0.2, 0.25) is 0 Å². The molecule has 0 fully saturated rings. The molecule has 0 aliphatic heterocycles. The number of hydrogen-bond acceptors (Lipinski definition) is 3. The Labute approximate surface area is 119 Å². The molecule has 1 heterocycles. The number of aromatic nitrogens is 1. The average molecular weight is 274 g/mol. The first-order valence-electron chi connectivity index (χ1n) is 6.95. The van der Waals surface area contributed by atoms with Gasteiger partial charge in [0.1, 0.15) is 5.01 Å². The SMILES string of the molecule is CCNC(C)c1sc(-c2ccc(CC)cc2)nc1C. The number of thiazole rings is 1. The quantitative estimate of drug-likeness (QED) is 0.876. The first kappa shape index (κ1) is 14.2. The van der Waals surface area contributed by atoms with Gasteiger partial charge < -0.3 is 5.32 Å². The largest absolute Gasteiger partial charge is 0.310 e. The van der Waals surface area contributed by atoms with Gasteiger partial charge in [-0.1, -0.05) is 38.1 Å². The summed E-state index contributed by atoms with van der Waals surface area (Å²) in [5.41, 5.74) is 3.74. The number of aryl methyl sites for hydroxylation is 2. The van der Waals surface area contributed by atoms with Crippen LogP contribution in [-0.4, -0.2) is 11.5 Å². The lowest BCUT2D eigenvalue weighted by atomic mass is 10.1. The molecular weight excluding hydrogens is 252 g/mol. The fourth-order valence-corrected chi connectivity index (χ4v) is 3.31. The molecule has 1 aromatic heterocycles. The smallest absolute Gasteiger partial charge is 0.123 e. The zero-order valence-corrected chi connectivity index (χ0v) is 13.0. The van der Waals surface area contributed by atoms with E-state index in [1.807, 2.05) is 0 Å². The van der Waals surface area contributed by atoms with Crippen molar-refractivity contribution in [1.82, 2.24) is 10.3 Å². The summed E-state index contributed by atoms with van der Waals surface area (Å²) in [5, 5.41) is 4.58. The second-order valence-electron chi connectivity index (χ2n) is 4.80. The van der Waals surface area contributed by atoms with E-state index in [1.54, 1.807) is 11.3 Å². The lowest BCUT2D eigenvalue weighted by Crippen LogP contribution is -2.17. The van der Waals surface area contributed by atoms with Crippen LogP contribution in [0.3, 0.4) is 0 Å². The summed E-state index contributed by atoms with van der Waals surface area (Å²) in [5.74, 6) is 0. The van der Waals surface area contributed by atoms with E-state index in [9.17, 15) is 0 Å². The Morgan fingerprint density at radius 2 is 1.89 bits per heavy atom. The lowest BCUT2D eigenvalue weighted by Gasteiger charge is -2.09. The van der Waals surface area contributed by atoms with E-state index in [0.29, 0.717) is 6.04 Å². The van der Waals surface area contributed by atoms with Crippen LogP contribution in [0.25, 0.3) is 10.6 Å². The van der Waals surface area contributed by atoms with Crippen molar-refractivity contribution in [1.29, 1.82) is 0 Å². The van der Waals surface area contributed by atoms with Crippen LogP contribution in [0.4, 0.5) is 0 Å². The van der Waals surface area contributed by atoms with Gasteiger partial charge in [-0.05, 0) is 32.4 Å². The van der Waals surface area contributed by atoms with Crippen molar-refractivity contribution in [2.24, 2.45) is 0 Å². The Morgan fingerprint density at radius 1 is 1.21 bits per heavy atom. The number of nitrogens with one attached hydrogen (secondary N) is 1. The third-order valence-electron chi connectivity index (χ3n) is 3.35. The molecule has 2 nitrogen and oxygen atoms in total. The Balaban J connectivity index is 2.27. The molecule has 1 unspecified atom stereocenters. The Kier molecular flexibility index (Phi) is 4.72. The highest BCUT2D eigenvalue weighted by molar-refractivity contribution is 7.15. The van der Waals surface area contributed by atoms with Gasteiger partial charge in [0.05, 0.1) is 5.69 Å². The topological polar surface area (TPSA) is 24.9 Å². The Morgan fingerprint density at radius 3 is 2.47 bits per heavy atom. The molecule has 0 amide bonds. The predicted molar refractivity (Wildman–Crippen MR) is 83.8 cm³/mol. The first-order chi connectivity index (χ1) is 9.15. The number of nitrogens with zero attached hydrogens (tertiary/aromatic N) is 1. The molecule has 0 aliphatic carbocycles. The third-order valence-corrected chi connectivity index (χ3v) is 4.73.